The van der Waals surface area contributed by atoms with Gasteiger partial charge in [0.05, 0.1) is 19.3 Å². The van der Waals surface area contributed by atoms with Crippen molar-refractivity contribution in [2.75, 3.05) is 19.8 Å². The highest BCUT2D eigenvalue weighted by Crippen LogP contribution is 2.26. The summed E-state index contributed by atoms with van der Waals surface area (Å²) in [6.07, 6.45) is 2.19. The average Bonchev–Trinajstić information content (AvgIpc) is 3.20. The van der Waals surface area contributed by atoms with Gasteiger partial charge in [0.2, 0.25) is 11.8 Å². The van der Waals surface area contributed by atoms with E-state index in [9.17, 15) is 4.79 Å². The summed E-state index contributed by atoms with van der Waals surface area (Å²) in [6.45, 7) is 8.00. The summed E-state index contributed by atoms with van der Waals surface area (Å²) in [5.74, 6) is 0.309. The molecule has 0 bridgehead atoms. The third-order valence-corrected chi connectivity index (χ3v) is 4.30. The van der Waals surface area contributed by atoms with E-state index in [1.54, 1.807) is 0 Å². The van der Waals surface area contributed by atoms with Crippen LogP contribution in [0.1, 0.15) is 45.1 Å². The van der Waals surface area contributed by atoms with Crippen LogP contribution in [0.25, 0.3) is 11.1 Å². The van der Waals surface area contributed by atoms with E-state index in [1.807, 2.05) is 12.1 Å². The monoisotopic (exact) mass is 346 g/mol. The maximum absolute atomic E-state index is 11.8. The number of oxazole rings is 1. The second-order valence-corrected chi connectivity index (χ2v) is 7.47. The second-order valence-electron chi connectivity index (χ2n) is 7.47. The highest BCUT2D eigenvalue weighted by Gasteiger charge is 2.17. The first kappa shape index (κ1) is 17.9. The number of rotatable bonds is 6. The molecule has 1 aliphatic rings. The van der Waals surface area contributed by atoms with E-state index in [-0.39, 0.29) is 30.6 Å². The number of nitrogens with zero attached hydrogens (tertiary/aromatic N) is 1. The molecule has 2 aromatic rings. The highest BCUT2D eigenvalue weighted by atomic mass is 16.5. The van der Waals surface area contributed by atoms with Gasteiger partial charge in [0.15, 0.2) is 5.58 Å². The Morgan fingerprint density at radius 1 is 1.40 bits per heavy atom. The molecule has 0 radical (unpaired) electrons. The highest BCUT2D eigenvalue weighted by molar-refractivity contribution is 5.77. The van der Waals surface area contributed by atoms with Crippen LogP contribution >= 0.6 is 0 Å². The minimum absolute atomic E-state index is 0.0221. The lowest BCUT2D eigenvalue weighted by Crippen LogP contribution is -2.28. The first-order valence-corrected chi connectivity index (χ1v) is 8.78. The molecule has 1 aliphatic heterocycles. The molecule has 1 amide bonds. The topological polar surface area (TPSA) is 73.6 Å². The summed E-state index contributed by atoms with van der Waals surface area (Å²) >= 11 is 0. The van der Waals surface area contributed by atoms with E-state index in [2.05, 4.69) is 37.1 Å². The number of hydrogen-bond acceptors (Lipinski definition) is 5. The summed E-state index contributed by atoms with van der Waals surface area (Å²) in [5, 5.41) is 2.77. The number of aromatic nitrogens is 1. The molecule has 6 heteroatoms. The van der Waals surface area contributed by atoms with Crippen molar-refractivity contribution in [3.05, 3.63) is 29.7 Å². The van der Waals surface area contributed by atoms with E-state index in [0.29, 0.717) is 12.5 Å². The number of carbonyl (C=O) groups excluding carboxylic acids is 1. The van der Waals surface area contributed by atoms with Crippen LogP contribution in [0.5, 0.6) is 0 Å². The standard InChI is InChI=1S/C19H26N2O4/c1-19(2,3)13-6-7-16-15(9-13)21-18(25-16)10-20-17(22)12-23-11-14-5-4-8-24-14/h6-7,9,14H,4-5,8,10-12H2,1-3H3,(H,20,22). The largest absolute Gasteiger partial charge is 0.439 e. The summed E-state index contributed by atoms with van der Waals surface area (Å²) in [7, 11) is 0. The fourth-order valence-electron chi connectivity index (χ4n) is 2.80. The Balaban J connectivity index is 1.49. The van der Waals surface area contributed by atoms with Crippen LogP contribution in [-0.4, -0.2) is 36.8 Å². The first-order chi connectivity index (χ1) is 11.9. The van der Waals surface area contributed by atoms with Gasteiger partial charge < -0.3 is 19.2 Å². The maximum atomic E-state index is 11.8. The zero-order chi connectivity index (χ0) is 17.9. The van der Waals surface area contributed by atoms with E-state index < -0.39 is 0 Å². The summed E-state index contributed by atoms with van der Waals surface area (Å²) < 4.78 is 16.5. The number of hydrogen-bond donors (Lipinski definition) is 1. The molecular weight excluding hydrogens is 320 g/mol. The van der Waals surface area contributed by atoms with Crippen LogP contribution in [0.4, 0.5) is 0 Å². The Kier molecular flexibility index (Phi) is 5.39. The fourth-order valence-corrected chi connectivity index (χ4v) is 2.80. The third-order valence-electron chi connectivity index (χ3n) is 4.30. The smallest absolute Gasteiger partial charge is 0.246 e. The number of nitrogens with one attached hydrogen (secondary N) is 1. The molecule has 1 aromatic heterocycles. The molecular formula is C19H26N2O4. The lowest BCUT2D eigenvalue weighted by molar-refractivity contribution is -0.127. The number of carbonyl (C=O) groups is 1. The van der Waals surface area contributed by atoms with Gasteiger partial charge >= 0.3 is 0 Å². The van der Waals surface area contributed by atoms with E-state index in [1.165, 1.54) is 5.56 Å². The molecule has 0 aliphatic carbocycles. The van der Waals surface area contributed by atoms with Gasteiger partial charge in [-0.3, -0.25) is 4.79 Å². The molecule has 1 unspecified atom stereocenters. The van der Waals surface area contributed by atoms with Crippen molar-refractivity contribution in [1.29, 1.82) is 0 Å². The predicted octanol–water partition coefficient (Wildman–Crippen LogP) is 2.94. The SMILES string of the molecule is CC(C)(C)c1ccc2oc(CNC(=O)COCC3CCCO3)nc2c1. The third kappa shape index (κ3) is 4.80. The van der Waals surface area contributed by atoms with Crippen LogP contribution in [0, 0.1) is 0 Å². The van der Waals surface area contributed by atoms with Gasteiger partial charge in [-0.2, -0.15) is 0 Å². The Hall–Kier alpha value is -1.92. The quantitative estimate of drug-likeness (QED) is 0.870. The second kappa shape index (κ2) is 7.54. The average molecular weight is 346 g/mol. The van der Waals surface area contributed by atoms with Gasteiger partial charge in [0, 0.05) is 6.61 Å². The molecule has 0 spiro atoms. The Labute approximate surface area is 147 Å². The zero-order valence-electron chi connectivity index (χ0n) is 15.1. The van der Waals surface area contributed by atoms with Crippen molar-refractivity contribution < 1.29 is 18.7 Å². The Morgan fingerprint density at radius 2 is 2.24 bits per heavy atom. The summed E-state index contributed by atoms with van der Waals surface area (Å²) in [6, 6.07) is 6.02. The number of ether oxygens (including phenoxy) is 2. The molecule has 1 atom stereocenters. The number of fused-ring (bicyclic) bond motifs is 1. The minimum atomic E-state index is -0.185. The Morgan fingerprint density at radius 3 is 2.96 bits per heavy atom. The van der Waals surface area contributed by atoms with Gasteiger partial charge in [0.1, 0.15) is 12.1 Å². The molecule has 1 saturated heterocycles. The normalized spacial score (nSPS) is 18.0. The lowest BCUT2D eigenvalue weighted by Gasteiger charge is -2.18. The Bertz CT molecular complexity index is 727. The van der Waals surface area contributed by atoms with Crippen molar-refractivity contribution in [3.63, 3.8) is 0 Å². The minimum Gasteiger partial charge on any atom is -0.439 e. The molecule has 1 N–H and O–H groups in total. The van der Waals surface area contributed by atoms with Gasteiger partial charge in [-0.05, 0) is 36.0 Å². The van der Waals surface area contributed by atoms with E-state index >= 15 is 0 Å². The van der Waals surface area contributed by atoms with E-state index in [4.69, 9.17) is 13.9 Å². The summed E-state index contributed by atoms with van der Waals surface area (Å²) in [5.41, 5.74) is 2.80. The van der Waals surface area contributed by atoms with Crippen LogP contribution in [0.3, 0.4) is 0 Å². The maximum Gasteiger partial charge on any atom is 0.246 e. The van der Waals surface area contributed by atoms with Crippen molar-refractivity contribution in [2.45, 2.75) is 51.7 Å². The van der Waals surface area contributed by atoms with Crippen LogP contribution in [-0.2, 0) is 26.2 Å². The van der Waals surface area contributed by atoms with Crippen LogP contribution < -0.4 is 5.32 Å². The zero-order valence-corrected chi connectivity index (χ0v) is 15.1. The fraction of sp³-hybridized carbons (Fsp3) is 0.579. The number of benzene rings is 1. The van der Waals surface area contributed by atoms with Crippen LogP contribution in [0.15, 0.2) is 22.6 Å². The van der Waals surface area contributed by atoms with Gasteiger partial charge in [-0.1, -0.05) is 26.8 Å². The van der Waals surface area contributed by atoms with Crippen molar-refractivity contribution in [3.8, 4) is 0 Å². The molecule has 136 valence electrons. The van der Waals surface area contributed by atoms with Crippen LogP contribution in [0.2, 0.25) is 0 Å². The van der Waals surface area contributed by atoms with Gasteiger partial charge in [-0.25, -0.2) is 4.98 Å². The van der Waals surface area contributed by atoms with Gasteiger partial charge in [0.25, 0.3) is 0 Å². The van der Waals surface area contributed by atoms with Gasteiger partial charge in [-0.15, -0.1) is 0 Å². The molecule has 1 aromatic carbocycles. The molecule has 1 fully saturated rings. The molecule has 0 saturated carbocycles. The molecule has 6 nitrogen and oxygen atoms in total. The summed E-state index contributed by atoms with van der Waals surface area (Å²) in [4.78, 5) is 16.3. The first-order valence-electron chi connectivity index (χ1n) is 8.78. The molecule has 25 heavy (non-hydrogen) atoms. The predicted molar refractivity (Wildman–Crippen MR) is 94.3 cm³/mol. The lowest BCUT2D eigenvalue weighted by atomic mass is 9.87. The van der Waals surface area contributed by atoms with Crippen molar-refractivity contribution in [1.82, 2.24) is 10.3 Å². The molecule has 2 heterocycles. The van der Waals surface area contributed by atoms with Crippen molar-refractivity contribution in [2.24, 2.45) is 0 Å². The van der Waals surface area contributed by atoms with E-state index in [0.717, 1.165) is 30.5 Å². The molecule has 3 rings (SSSR count). The van der Waals surface area contributed by atoms with Crippen molar-refractivity contribution >= 4 is 17.0 Å². The number of amides is 1.